The molecule has 0 spiro atoms. The zero-order valence-electron chi connectivity index (χ0n) is 27.5. The summed E-state index contributed by atoms with van der Waals surface area (Å²) in [6.07, 6.45) is 12.2. The van der Waals surface area contributed by atoms with Gasteiger partial charge >= 0.3 is 0 Å². The monoisotopic (exact) mass is 660 g/mol. The van der Waals surface area contributed by atoms with Crippen LogP contribution >= 0.6 is 0 Å². The third-order valence-electron chi connectivity index (χ3n) is 9.71. The van der Waals surface area contributed by atoms with Crippen LogP contribution in [0.25, 0.3) is 5.57 Å². The topological polar surface area (TPSA) is 130 Å². The fourth-order valence-electron chi connectivity index (χ4n) is 6.89. The van der Waals surface area contributed by atoms with Gasteiger partial charge < -0.3 is 34.5 Å². The quantitative estimate of drug-likeness (QED) is 0.244. The molecule has 250 valence electrons. The number of benzene rings is 3. The van der Waals surface area contributed by atoms with Gasteiger partial charge in [0.15, 0.2) is 29.2 Å². The molecule has 0 aromatic heterocycles. The highest BCUT2D eigenvalue weighted by Gasteiger charge is 2.38. The van der Waals surface area contributed by atoms with Gasteiger partial charge in [-0.2, -0.15) is 0 Å². The summed E-state index contributed by atoms with van der Waals surface area (Å²) < 4.78 is 23.5. The van der Waals surface area contributed by atoms with Gasteiger partial charge in [-0.25, -0.2) is 4.99 Å². The van der Waals surface area contributed by atoms with E-state index in [1.807, 2.05) is 49.1 Å². The van der Waals surface area contributed by atoms with E-state index in [2.05, 4.69) is 9.98 Å². The number of rotatable bonds is 10. The van der Waals surface area contributed by atoms with Crippen LogP contribution in [0.15, 0.2) is 71.5 Å². The largest absolute Gasteiger partial charge is 0.493 e. The number of carbonyl (C=O) groups is 2. The SMILES string of the molecule is COc1cc2c(cc1OCCCOc1cc3c(cc1OC)C(=O)N1C=C(c4ccc(N)cc4)CC1C=[NH+]3)N=CC1CC(C3CC3)=CN1C2=O. The van der Waals surface area contributed by atoms with Gasteiger partial charge in [0, 0.05) is 49.3 Å². The number of ether oxygens (including phenoxy) is 4. The Kier molecular flexibility index (Phi) is 7.82. The maximum Gasteiger partial charge on any atom is 0.265 e. The molecule has 2 atom stereocenters. The van der Waals surface area contributed by atoms with Gasteiger partial charge in [0.1, 0.15) is 11.6 Å². The van der Waals surface area contributed by atoms with Gasteiger partial charge in [-0.15, -0.1) is 0 Å². The molecule has 4 aliphatic heterocycles. The van der Waals surface area contributed by atoms with E-state index in [0.29, 0.717) is 83.2 Å². The van der Waals surface area contributed by atoms with Crippen molar-refractivity contribution >= 4 is 46.9 Å². The van der Waals surface area contributed by atoms with E-state index in [-0.39, 0.29) is 23.9 Å². The molecule has 8 rings (SSSR count). The van der Waals surface area contributed by atoms with E-state index >= 15 is 0 Å². The van der Waals surface area contributed by atoms with Gasteiger partial charge in [-0.1, -0.05) is 12.1 Å². The number of hydrogen-bond acceptors (Lipinski definition) is 8. The lowest BCUT2D eigenvalue weighted by Gasteiger charge is -2.19. The minimum Gasteiger partial charge on any atom is -0.493 e. The Hall–Kier alpha value is -5.58. The number of methoxy groups -OCH3 is 2. The summed E-state index contributed by atoms with van der Waals surface area (Å²) in [5.74, 6) is 2.39. The smallest absolute Gasteiger partial charge is 0.265 e. The molecule has 49 heavy (non-hydrogen) atoms. The van der Waals surface area contributed by atoms with Crippen LogP contribution in [0, 0.1) is 5.92 Å². The van der Waals surface area contributed by atoms with Crippen molar-refractivity contribution in [2.75, 3.05) is 33.2 Å². The lowest BCUT2D eigenvalue weighted by atomic mass is 10.0. The van der Waals surface area contributed by atoms with Crippen molar-refractivity contribution < 1.29 is 33.5 Å². The summed E-state index contributed by atoms with van der Waals surface area (Å²) in [6, 6.07) is 14.5. The molecule has 2 amide bonds. The van der Waals surface area contributed by atoms with Gasteiger partial charge in [0.25, 0.3) is 11.8 Å². The lowest BCUT2D eigenvalue weighted by Crippen LogP contribution is -2.63. The summed E-state index contributed by atoms with van der Waals surface area (Å²) in [7, 11) is 3.12. The molecule has 3 aromatic rings. The molecule has 0 bridgehead atoms. The first-order valence-corrected chi connectivity index (χ1v) is 16.7. The van der Waals surface area contributed by atoms with E-state index in [9.17, 15) is 9.59 Å². The van der Waals surface area contributed by atoms with Gasteiger partial charge in [-0.05, 0) is 60.1 Å². The first kappa shape index (κ1) is 30.7. The summed E-state index contributed by atoms with van der Waals surface area (Å²) in [4.78, 5) is 38.7. The first-order chi connectivity index (χ1) is 23.9. The van der Waals surface area contributed by atoms with Crippen LogP contribution in [0.2, 0.25) is 0 Å². The van der Waals surface area contributed by atoms with Crippen LogP contribution in [0.1, 0.15) is 58.4 Å². The average molecular weight is 661 g/mol. The van der Waals surface area contributed by atoms with Crippen LogP contribution in [-0.4, -0.2) is 73.6 Å². The number of nitrogens with zero attached hydrogens (tertiary/aromatic N) is 3. The number of carbonyl (C=O) groups excluding carboxylic acids is 2. The normalized spacial score (nSPS) is 20.4. The Labute approximate surface area is 284 Å². The fourth-order valence-corrected chi connectivity index (χ4v) is 6.89. The fraction of sp³-hybridized carbons (Fsp3) is 0.316. The Morgan fingerprint density at radius 3 is 2.20 bits per heavy atom. The second-order valence-corrected chi connectivity index (χ2v) is 12.9. The van der Waals surface area contributed by atoms with Crippen molar-refractivity contribution in [3.05, 3.63) is 83.2 Å². The highest BCUT2D eigenvalue weighted by molar-refractivity contribution is 6.05. The number of amides is 2. The number of nitrogens with one attached hydrogen (secondary N) is 1. The van der Waals surface area contributed by atoms with E-state index < -0.39 is 0 Å². The van der Waals surface area contributed by atoms with Crippen molar-refractivity contribution in [3.8, 4) is 23.0 Å². The standard InChI is InChI=1S/C38H37N5O6/c1-46-33-14-29-31(40-18-27-12-24(22-4-5-22)20-42(27)37(29)44)16-35(33)48-10-3-11-49-36-17-32-30(15-34(36)47-2)38(45)43-21-25(13-28(43)19-41-32)23-6-8-26(39)9-7-23/h6-9,14-22,27-28H,3-5,10-13,39H2,1-2H3/p+1. The van der Waals surface area contributed by atoms with Crippen molar-refractivity contribution in [2.45, 2.75) is 44.2 Å². The van der Waals surface area contributed by atoms with Crippen LogP contribution in [-0.2, 0) is 0 Å². The van der Waals surface area contributed by atoms with Crippen LogP contribution in [0.4, 0.5) is 17.1 Å². The minimum absolute atomic E-state index is 0.0543. The van der Waals surface area contributed by atoms with Gasteiger partial charge in [0.05, 0.1) is 50.8 Å². The average Bonchev–Trinajstić information content (AvgIpc) is 3.79. The Morgan fingerprint density at radius 2 is 1.49 bits per heavy atom. The maximum absolute atomic E-state index is 13.7. The molecule has 1 fully saturated rings. The van der Waals surface area contributed by atoms with Crippen LogP contribution in [0.5, 0.6) is 23.0 Å². The Balaban J connectivity index is 0.916. The first-order valence-electron chi connectivity index (χ1n) is 16.7. The minimum atomic E-state index is -0.136. The van der Waals surface area contributed by atoms with Gasteiger partial charge in [0.2, 0.25) is 5.69 Å². The predicted molar refractivity (Wildman–Crippen MR) is 185 cm³/mol. The molecule has 11 nitrogen and oxygen atoms in total. The third-order valence-corrected chi connectivity index (χ3v) is 9.71. The molecule has 2 unspecified atom stereocenters. The van der Waals surface area contributed by atoms with Crippen molar-refractivity contribution in [3.63, 3.8) is 0 Å². The van der Waals surface area contributed by atoms with Crippen LogP contribution in [0.3, 0.4) is 0 Å². The predicted octanol–water partition coefficient (Wildman–Crippen LogP) is 4.41. The molecular formula is C38H38N5O6+. The molecule has 0 saturated heterocycles. The molecule has 5 aliphatic rings. The van der Waals surface area contributed by atoms with E-state index in [0.717, 1.165) is 17.6 Å². The summed E-state index contributed by atoms with van der Waals surface area (Å²) in [6.45, 7) is 0.678. The van der Waals surface area contributed by atoms with E-state index in [4.69, 9.17) is 24.7 Å². The molecule has 1 saturated carbocycles. The molecule has 1 aliphatic carbocycles. The number of fused-ring (bicyclic) bond motifs is 4. The van der Waals surface area contributed by atoms with Crippen molar-refractivity contribution in [1.29, 1.82) is 0 Å². The van der Waals surface area contributed by atoms with E-state index in [1.54, 1.807) is 48.3 Å². The molecule has 0 radical (unpaired) electrons. The van der Waals surface area contributed by atoms with E-state index in [1.165, 1.54) is 18.4 Å². The molecule has 11 heteroatoms. The number of hydrogen-bond donors (Lipinski definition) is 2. The summed E-state index contributed by atoms with van der Waals surface area (Å²) in [5, 5.41) is 0. The number of anilines is 1. The number of nitrogen functional groups attached to an aromatic ring is 1. The molecule has 3 aromatic carbocycles. The Bertz CT molecular complexity index is 1960. The van der Waals surface area contributed by atoms with Crippen molar-refractivity contribution in [1.82, 2.24) is 9.80 Å². The number of nitrogens with two attached hydrogens (primary N) is 1. The van der Waals surface area contributed by atoms with Crippen LogP contribution < -0.4 is 29.7 Å². The second kappa shape index (κ2) is 12.5. The molecular weight excluding hydrogens is 622 g/mol. The Morgan fingerprint density at radius 1 is 0.816 bits per heavy atom. The maximum atomic E-state index is 13.7. The zero-order chi connectivity index (χ0) is 33.6. The highest BCUT2D eigenvalue weighted by atomic mass is 16.5. The highest BCUT2D eigenvalue weighted by Crippen LogP contribution is 2.44. The molecule has 3 N–H and O–H groups in total. The lowest BCUT2D eigenvalue weighted by molar-refractivity contribution is -0.349. The summed E-state index contributed by atoms with van der Waals surface area (Å²) in [5.41, 5.74) is 12.2. The summed E-state index contributed by atoms with van der Waals surface area (Å²) >= 11 is 0. The van der Waals surface area contributed by atoms with Gasteiger partial charge in [-0.3, -0.25) is 14.6 Å². The number of aliphatic imine (C=N–C) groups is 1. The molecule has 4 heterocycles. The zero-order valence-corrected chi connectivity index (χ0v) is 27.5. The second-order valence-electron chi connectivity index (χ2n) is 12.9. The van der Waals surface area contributed by atoms with Crippen molar-refractivity contribution in [2.24, 2.45) is 10.9 Å². The third kappa shape index (κ3) is 5.79.